The summed E-state index contributed by atoms with van der Waals surface area (Å²) in [5.74, 6) is 0.904. The highest BCUT2D eigenvalue weighted by molar-refractivity contribution is 7.99. The van der Waals surface area contributed by atoms with E-state index in [1.807, 2.05) is 30.9 Å². The first kappa shape index (κ1) is 11.7. The predicted octanol–water partition coefficient (Wildman–Crippen LogP) is 2.51. The maximum absolute atomic E-state index is 4.51. The van der Waals surface area contributed by atoms with E-state index in [2.05, 4.69) is 21.1 Å². The first-order valence-electron chi connectivity index (χ1n) is 5.87. The Morgan fingerprint density at radius 1 is 1.44 bits per heavy atom. The van der Waals surface area contributed by atoms with Crippen molar-refractivity contribution in [2.24, 2.45) is 0 Å². The minimum absolute atomic E-state index is 0.728. The molecule has 1 saturated heterocycles. The molecule has 0 spiro atoms. The van der Waals surface area contributed by atoms with Crippen molar-refractivity contribution in [3.63, 3.8) is 0 Å². The third kappa shape index (κ3) is 2.88. The van der Waals surface area contributed by atoms with Crippen LogP contribution in [0.5, 0.6) is 0 Å². The molecule has 0 aromatic carbocycles. The van der Waals surface area contributed by atoms with Gasteiger partial charge >= 0.3 is 0 Å². The smallest absolute Gasteiger partial charge is 0.225 e. The first-order chi connectivity index (χ1) is 7.79. The van der Waals surface area contributed by atoms with Gasteiger partial charge in [-0.05, 0) is 32.1 Å². The highest BCUT2D eigenvalue weighted by Gasteiger charge is 2.19. The van der Waals surface area contributed by atoms with Crippen LogP contribution in [-0.4, -0.2) is 34.6 Å². The van der Waals surface area contributed by atoms with Crippen LogP contribution in [0.25, 0.3) is 0 Å². The lowest BCUT2D eigenvalue weighted by Gasteiger charge is -2.23. The maximum Gasteiger partial charge on any atom is 0.225 e. The second kappa shape index (κ2) is 5.53. The molecule has 0 bridgehead atoms. The summed E-state index contributed by atoms with van der Waals surface area (Å²) >= 11 is 1.96. The number of aryl methyl sites for hydroxylation is 1. The molecule has 0 aliphatic carbocycles. The van der Waals surface area contributed by atoms with Crippen LogP contribution in [0.1, 0.15) is 25.0 Å². The van der Waals surface area contributed by atoms with Crippen molar-refractivity contribution < 1.29 is 0 Å². The van der Waals surface area contributed by atoms with Crippen molar-refractivity contribution in [2.75, 3.05) is 24.2 Å². The topological polar surface area (TPSA) is 29.0 Å². The molecule has 1 atom stereocenters. The van der Waals surface area contributed by atoms with E-state index in [-0.39, 0.29) is 0 Å². The van der Waals surface area contributed by atoms with Crippen molar-refractivity contribution in [3.8, 4) is 0 Å². The fourth-order valence-corrected chi connectivity index (χ4v) is 2.80. The van der Waals surface area contributed by atoms with Gasteiger partial charge in [0.25, 0.3) is 0 Å². The molecule has 1 aliphatic heterocycles. The summed E-state index contributed by atoms with van der Waals surface area (Å²) < 4.78 is 0. The summed E-state index contributed by atoms with van der Waals surface area (Å²) in [6.07, 6.45) is 7.97. The summed E-state index contributed by atoms with van der Waals surface area (Å²) in [6, 6.07) is 1.95. The molecule has 3 nitrogen and oxygen atoms in total. The van der Waals surface area contributed by atoms with Crippen molar-refractivity contribution in [3.05, 3.63) is 18.0 Å². The zero-order valence-electron chi connectivity index (χ0n) is 10.0. The first-order valence-corrected chi connectivity index (χ1v) is 7.16. The van der Waals surface area contributed by atoms with Gasteiger partial charge in [0.1, 0.15) is 0 Å². The third-order valence-corrected chi connectivity index (χ3v) is 4.08. The highest BCUT2D eigenvalue weighted by atomic mass is 32.2. The van der Waals surface area contributed by atoms with Crippen molar-refractivity contribution in [1.82, 2.24) is 9.97 Å². The molecule has 1 unspecified atom stereocenters. The maximum atomic E-state index is 4.51. The summed E-state index contributed by atoms with van der Waals surface area (Å²) in [6.45, 7) is 4.21. The molecule has 2 heterocycles. The second-order valence-corrected chi connectivity index (χ2v) is 5.44. The van der Waals surface area contributed by atoms with Gasteiger partial charge in [-0.2, -0.15) is 11.8 Å². The largest absolute Gasteiger partial charge is 0.340 e. The summed E-state index contributed by atoms with van der Waals surface area (Å²) in [4.78, 5) is 11.2. The molecule has 0 radical (unpaired) electrons. The minimum Gasteiger partial charge on any atom is -0.340 e. The molecule has 2 rings (SSSR count). The lowest BCUT2D eigenvalue weighted by Crippen LogP contribution is -2.31. The van der Waals surface area contributed by atoms with Crippen LogP contribution in [0.15, 0.2) is 12.3 Å². The quantitative estimate of drug-likeness (QED) is 0.790. The van der Waals surface area contributed by atoms with Gasteiger partial charge in [-0.1, -0.05) is 6.42 Å². The van der Waals surface area contributed by atoms with Gasteiger partial charge in [-0.25, -0.2) is 9.97 Å². The average Bonchev–Trinajstić information content (AvgIpc) is 2.54. The van der Waals surface area contributed by atoms with Crippen LogP contribution in [0.3, 0.4) is 0 Å². The molecule has 1 fully saturated rings. The Bertz CT molecular complexity index is 343. The molecule has 0 amide bonds. The van der Waals surface area contributed by atoms with Gasteiger partial charge in [-0.15, -0.1) is 0 Å². The number of hydrogen-bond acceptors (Lipinski definition) is 4. The van der Waals surface area contributed by atoms with Gasteiger partial charge in [-0.3, -0.25) is 0 Å². The van der Waals surface area contributed by atoms with E-state index in [0.29, 0.717) is 0 Å². The summed E-state index contributed by atoms with van der Waals surface area (Å²) in [5.41, 5.74) is 1.05. The Labute approximate surface area is 102 Å². The summed E-state index contributed by atoms with van der Waals surface area (Å²) in [7, 11) is 0. The Morgan fingerprint density at radius 2 is 2.31 bits per heavy atom. The number of anilines is 1. The number of hydrogen-bond donors (Lipinski definition) is 0. The molecule has 0 N–H and O–H groups in total. The molecule has 16 heavy (non-hydrogen) atoms. The fourth-order valence-electron chi connectivity index (χ4n) is 2.07. The Kier molecular flexibility index (Phi) is 4.04. The Hall–Kier alpha value is -0.770. The second-order valence-electron chi connectivity index (χ2n) is 4.30. The van der Waals surface area contributed by atoms with Crippen molar-refractivity contribution in [2.45, 2.75) is 31.4 Å². The van der Waals surface area contributed by atoms with E-state index in [4.69, 9.17) is 0 Å². The lowest BCUT2D eigenvalue weighted by molar-refractivity contribution is 0.735. The highest BCUT2D eigenvalue weighted by Crippen LogP contribution is 2.22. The van der Waals surface area contributed by atoms with Gasteiger partial charge in [0.15, 0.2) is 0 Å². The molecule has 1 aromatic rings. The third-order valence-electron chi connectivity index (χ3n) is 3.03. The van der Waals surface area contributed by atoms with Crippen LogP contribution in [0.4, 0.5) is 5.95 Å². The van der Waals surface area contributed by atoms with E-state index in [1.54, 1.807) is 0 Å². The SMILES string of the molecule is CSC1CCCCN(c2nccc(C)n2)C1. The normalized spacial score (nSPS) is 21.9. The van der Waals surface area contributed by atoms with E-state index < -0.39 is 0 Å². The fraction of sp³-hybridized carbons (Fsp3) is 0.667. The number of thioether (sulfide) groups is 1. The van der Waals surface area contributed by atoms with Gasteiger partial charge in [0, 0.05) is 30.2 Å². The summed E-state index contributed by atoms with van der Waals surface area (Å²) in [5, 5.41) is 0.728. The molecular weight excluding hydrogens is 218 g/mol. The number of nitrogens with zero attached hydrogens (tertiary/aromatic N) is 3. The molecule has 1 aromatic heterocycles. The molecule has 4 heteroatoms. The van der Waals surface area contributed by atoms with E-state index in [9.17, 15) is 0 Å². The Balaban J connectivity index is 2.12. The lowest BCUT2D eigenvalue weighted by atomic mass is 10.2. The molecule has 1 aliphatic rings. The van der Waals surface area contributed by atoms with Gasteiger partial charge < -0.3 is 4.90 Å². The van der Waals surface area contributed by atoms with Gasteiger partial charge in [0.05, 0.1) is 0 Å². The standard InChI is InChI=1S/C12H19N3S/c1-10-6-7-13-12(14-10)15-8-4-3-5-11(9-15)16-2/h6-7,11H,3-5,8-9H2,1-2H3. The van der Waals surface area contributed by atoms with E-state index >= 15 is 0 Å². The van der Waals surface area contributed by atoms with Crippen LogP contribution >= 0.6 is 11.8 Å². The molecular formula is C12H19N3S. The van der Waals surface area contributed by atoms with Gasteiger partial charge in [0.2, 0.25) is 5.95 Å². The Morgan fingerprint density at radius 3 is 3.06 bits per heavy atom. The van der Waals surface area contributed by atoms with Crippen LogP contribution in [-0.2, 0) is 0 Å². The molecule has 88 valence electrons. The van der Waals surface area contributed by atoms with Crippen LogP contribution in [0.2, 0.25) is 0 Å². The van der Waals surface area contributed by atoms with Crippen molar-refractivity contribution >= 4 is 17.7 Å². The average molecular weight is 237 g/mol. The predicted molar refractivity (Wildman–Crippen MR) is 70.1 cm³/mol. The van der Waals surface area contributed by atoms with Crippen LogP contribution < -0.4 is 4.90 Å². The monoisotopic (exact) mass is 237 g/mol. The van der Waals surface area contributed by atoms with E-state index in [0.717, 1.165) is 30.0 Å². The molecule has 0 saturated carbocycles. The number of rotatable bonds is 2. The zero-order chi connectivity index (χ0) is 11.4. The van der Waals surface area contributed by atoms with Crippen LogP contribution in [0, 0.1) is 6.92 Å². The minimum atomic E-state index is 0.728. The van der Waals surface area contributed by atoms with Crippen molar-refractivity contribution in [1.29, 1.82) is 0 Å². The number of aromatic nitrogens is 2. The van der Waals surface area contributed by atoms with E-state index in [1.165, 1.54) is 19.3 Å². The zero-order valence-corrected chi connectivity index (χ0v) is 10.8.